The van der Waals surface area contributed by atoms with Crippen LogP contribution < -0.4 is 20.3 Å². The van der Waals surface area contributed by atoms with E-state index in [0.29, 0.717) is 22.9 Å². The summed E-state index contributed by atoms with van der Waals surface area (Å²) >= 11 is 6.26. The summed E-state index contributed by atoms with van der Waals surface area (Å²) in [6, 6.07) is 13.4. The van der Waals surface area contributed by atoms with Crippen LogP contribution in [0, 0.1) is 6.92 Å². The van der Waals surface area contributed by atoms with Gasteiger partial charge in [0.2, 0.25) is 17.8 Å². The minimum Gasteiger partial charge on any atom is -0.497 e. The van der Waals surface area contributed by atoms with Gasteiger partial charge in [0.05, 0.1) is 7.11 Å². The fourth-order valence-corrected chi connectivity index (χ4v) is 3.35. The van der Waals surface area contributed by atoms with Crippen LogP contribution >= 0.6 is 11.6 Å². The molecule has 0 atom stereocenters. The molecule has 2 N–H and O–H groups in total. The number of halogens is 1. The van der Waals surface area contributed by atoms with Gasteiger partial charge in [0.25, 0.3) is 0 Å². The quantitative estimate of drug-likeness (QED) is 0.596. The zero-order chi connectivity index (χ0) is 20.2. The van der Waals surface area contributed by atoms with Gasteiger partial charge < -0.3 is 20.3 Å². The number of hydrogen-bond acceptors (Lipinski definition) is 7. The van der Waals surface area contributed by atoms with E-state index in [2.05, 4.69) is 30.5 Å². The third-order valence-corrected chi connectivity index (χ3v) is 5.17. The Morgan fingerprint density at radius 3 is 2.28 bits per heavy atom. The summed E-state index contributed by atoms with van der Waals surface area (Å²) in [6.45, 7) is 3.85. The van der Waals surface area contributed by atoms with Gasteiger partial charge in [-0.2, -0.15) is 15.0 Å². The highest BCUT2D eigenvalue weighted by Gasteiger charge is 2.18. The highest BCUT2D eigenvalue weighted by Crippen LogP contribution is 2.26. The van der Waals surface area contributed by atoms with E-state index in [1.54, 1.807) is 7.11 Å². The Bertz CT molecular complexity index is 1010. The molecule has 0 radical (unpaired) electrons. The molecule has 1 fully saturated rings. The average Bonchev–Trinajstić information content (AvgIpc) is 3.26. The topological polar surface area (TPSA) is 75.2 Å². The van der Waals surface area contributed by atoms with Gasteiger partial charge >= 0.3 is 0 Å². The standard InChI is InChI=1S/C21H23ClN6O/c1-14-8-9-16(13-18(14)22)24-20-25-19(23-15-6-5-7-17(12-15)29-2)26-21(27-20)28-10-3-4-11-28/h5-9,12-13H,3-4,10-11H2,1-2H3,(H2,23,24,25,26,27). The molecule has 3 aromatic rings. The maximum absolute atomic E-state index is 6.26. The van der Waals surface area contributed by atoms with E-state index >= 15 is 0 Å². The second kappa shape index (κ2) is 8.53. The maximum atomic E-state index is 6.26. The molecule has 29 heavy (non-hydrogen) atoms. The molecule has 0 unspecified atom stereocenters. The van der Waals surface area contributed by atoms with Crippen molar-refractivity contribution in [3.05, 3.63) is 53.1 Å². The van der Waals surface area contributed by atoms with Crippen LogP contribution in [0.25, 0.3) is 0 Å². The molecule has 1 saturated heterocycles. The Hall–Kier alpha value is -3.06. The predicted molar refractivity (Wildman–Crippen MR) is 117 cm³/mol. The number of hydrogen-bond donors (Lipinski definition) is 2. The molecular formula is C21H23ClN6O. The first-order valence-corrected chi connectivity index (χ1v) is 9.94. The number of rotatable bonds is 6. The van der Waals surface area contributed by atoms with Crippen molar-refractivity contribution in [1.29, 1.82) is 0 Å². The summed E-state index contributed by atoms with van der Waals surface area (Å²) in [6.07, 6.45) is 2.28. The Labute approximate surface area is 175 Å². The van der Waals surface area contributed by atoms with Gasteiger partial charge in [-0.25, -0.2) is 0 Å². The summed E-state index contributed by atoms with van der Waals surface area (Å²) < 4.78 is 5.29. The molecule has 1 aromatic heterocycles. The molecule has 0 bridgehead atoms. The molecule has 4 rings (SSSR count). The Morgan fingerprint density at radius 2 is 1.62 bits per heavy atom. The molecule has 1 aliphatic rings. The highest BCUT2D eigenvalue weighted by atomic mass is 35.5. The monoisotopic (exact) mass is 410 g/mol. The van der Waals surface area contributed by atoms with Gasteiger partial charge in [0.15, 0.2) is 0 Å². The van der Waals surface area contributed by atoms with Crippen LogP contribution in [0.1, 0.15) is 18.4 Å². The molecule has 1 aliphatic heterocycles. The van der Waals surface area contributed by atoms with E-state index in [4.69, 9.17) is 16.3 Å². The van der Waals surface area contributed by atoms with Crippen LogP contribution in [0.3, 0.4) is 0 Å². The molecule has 0 amide bonds. The van der Waals surface area contributed by atoms with Crippen molar-refractivity contribution >= 4 is 40.8 Å². The summed E-state index contributed by atoms with van der Waals surface area (Å²) in [5, 5.41) is 7.19. The normalized spacial score (nSPS) is 13.4. The third kappa shape index (κ3) is 4.68. The molecule has 150 valence electrons. The number of nitrogens with one attached hydrogen (secondary N) is 2. The summed E-state index contributed by atoms with van der Waals surface area (Å²) in [7, 11) is 1.64. The number of nitrogens with zero attached hydrogens (tertiary/aromatic N) is 4. The Balaban J connectivity index is 1.65. The maximum Gasteiger partial charge on any atom is 0.233 e. The molecule has 8 heteroatoms. The zero-order valence-corrected chi connectivity index (χ0v) is 17.2. The van der Waals surface area contributed by atoms with E-state index in [9.17, 15) is 0 Å². The Kier molecular flexibility index (Phi) is 5.67. The lowest BCUT2D eigenvalue weighted by Gasteiger charge is -2.17. The van der Waals surface area contributed by atoms with Crippen molar-refractivity contribution in [3.8, 4) is 5.75 Å². The molecule has 2 aromatic carbocycles. The minimum atomic E-state index is 0.465. The van der Waals surface area contributed by atoms with Gasteiger partial charge in [-0.15, -0.1) is 0 Å². The van der Waals surface area contributed by atoms with E-state index in [1.165, 1.54) is 0 Å². The van der Waals surface area contributed by atoms with Crippen LogP contribution in [0.4, 0.5) is 29.2 Å². The van der Waals surface area contributed by atoms with Crippen molar-refractivity contribution < 1.29 is 4.74 Å². The molecule has 7 nitrogen and oxygen atoms in total. The number of anilines is 5. The van der Waals surface area contributed by atoms with E-state index in [-0.39, 0.29) is 0 Å². The highest BCUT2D eigenvalue weighted by molar-refractivity contribution is 6.31. The van der Waals surface area contributed by atoms with Crippen LogP contribution in [-0.4, -0.2) is 35.2 Å². The van der Waals surface area contributed by atoms with Crippen molar-refractivity contribution in [2.45, 2.75) is 19.8 Å². The van der Waals surface area contributed by atoms with E-state index in [1.807, 2.05) is 49.4 Å². The summed E-state index contributed by atoms with van der Waals surface area (Å²) in [5.74, 6) is 2.35. The largest absolute Gasteiger partial charge is 0.497 e. The third-order valence-electron chi connectivity index (χ3n) is 4.77. The van der Waals surface area contributed by atoms with Crippen molar-refractivity contribution in [1.82, 2.24) is 15.0 Å². The van der Waals surface area contributed by atoms with Crippen LogP contribution in [0.15, 0.2) is 42.5 Å². The lowest BCUT2D eigenvalue weighted by Crippen LogP contribution is -2.21. The van der Waals surface area contributed by atoms with Crippen LogP contribution in [0.2, 0.25) is 5.02 Å². The lowest BCUT2D eigenvalue weighted by molar-refractivity contribution is 0.415. The zero-order valence-electron chi connectivity index (χ0n) is 16.4. The number of aromatic nitrogens is 3. The average molecular weight is 411 g/mol. The first-order chi connectivity index (χ1) is 14.1. The molecule has 0 saturated carbocycles. The van der Waals surface area contributed by atoms with Crippen LogP contribution in [0.5, 0.6) is 5.75 Å². The second-order valence-corrected chi connectivity index (χ2v) is 7.33. The summed E-state index contributed by atoms with van der Waals surface area (Å²) in [5.41, 5.74) is 2.68. The van der Waals surface area contributed by atoms with Gasteiger partial charge in [-0.05, 0) is 49.6 Å². The van der Waals surface area contributed by atoms with Crippen molar-refractivity contribution in [3.63, 3.8) is 0 Å². The van der Waals surface area contributed by atoms with Gasteiger partial charge in [-0.3, -0.25) is 0 Å². The summed E-state index contributed by atoms with van der Waals surface area (Å²) in [4.78, 5) is 16.0. The number of ether oxygens (including phenoxy) is 1. The molecule has 0 aliphatic carbocycles. The SMILES string of the molecule is COc1cccc(Nc2nc(Nc3ccc(C)c(Cl)c3)nc(N3CCCC3)n2)c1. The van der Waals surface area contributed by atoms with E-state index in [0.717, 1.165) is 48.6 Å². The number of benzene rings is 2. The molecule has 0 spiro atoms. The van der Waals surface area contributed by atoms with Crippen molar-refractivity contribution in [2.75, 3.05) is 35.7 Å². The second-order valence-electron chi connectivity index (χ2n) is 6.92. The fraction of sp³-hybridized carbons (Fsp3) is 0.286. The first kappa shape index (κ1) is 19.3. The molecular weight excluding hydrogens is 388 g/mol. The van der Waals surface area contributed by atoms with E-state index < -0.39 is 0 Å². The Morgan fingerprint density at radius 1 is 0.931 bits per heavy atom. The van der Waals surface area contributed by atoms with Crippen LogP contribution in [-0.2, 0) is 0 Å². The lowest BCUT2D eigenvalue weighted by atomic mass is 10.2. The van der Waals surface area contributed by atoms with Gasteiger partial charge in [-0.1, -0.05) is 23.7 Å². The van der Waals surface area contributed by atoms with Gasteiger partial charge in [0.1, 0.15) is 5.75 Å². The fourth-order valence-electron chi connectivity index (χ4n) is 3.16. The smallest absolute Gasteiger partial charge is 0.233 e. The number of methoxy groups -OCH3 is 1. The van der Waals surface area contributed by atoms with Gasteiger partial charge in [0, 0.05) is 35.6 Å². The first-order valence-electron chi connectivity index (χ1n) is 9.56. The molecule has 2 heterocycles. The van der Waals surface area contributed by atoms with Crippen molar-refractivity contribution in [2.24, 2.45) is 0 Å². The predicted octanol–water partition coefficient (Wildman–Crippen LogP) is 4.93. The minimum absolute atomic E-state index is 0.465. The number of aryl methyl sites for hydroxylation is 1.